The van der Waals surface area contributed by atoms with Gasteiger partial charge in [0.2, 0.25) is 0 Å². The highest BCUT2D eigenvalue weighted by Crippen LogP contribution is 2.00. The van der Waals surface area contributed by atoms with Crippen LogP contribution in [-0.4, -0.2) is 62.3 Å². The van der Waals surface area contributed by atoms with Gasteiger partial charge in [0, 0.05) is 39.8 Å². The molecule has 0 atom stereocenters. The van der Waals surface area contributed by atoms with Gasteiger partial charge in [0.15, 0.2) is 0 Å². The summed E-state index contributed by atoms with van der Waals surface area (Å²) in [5.74, 6) is 0. The van der Waals surface area contributed by atoms with Gasteiger partial charge in [-0.25, -0.2) is 4.79 Å². The molecule has 5 heteroatoms. The molecule has 5 nitrogen and oxygen atoms in total. The third-order valence-corrected chi connectivity index (χ3v) is 3.70. The molecule has 0 spiro atoms. The van der Waals surface area contributed by atoms with E-state index in [1.54, 1.807) is 4.90 Å². The molecule has 0 aromatic heterocycles. The second-order valence-corrected chi connectivity index (χ2v) is 5.37. The number of rotatable bonds is 6. The van der Waals surface area contributed by atoms with Gasteiger partial charge in [0.1, 0.15) is 0 Å². The zero-order valence-electron chi connectivity index (χ0n) is 12.8. The average Bonchev–Trinajstić information content (AvgIpc) is 2.54. The molecule has 1 heterocycles. The smallest absolute Gasteiger partial charge is 0.317 e. The van der Waals surface area contributed by atoms with Crippen molar-refractivity contribution >= 4 is 6.03 Å². The van der Waals surface area contributed by atoms with E-state index in [-0.39, 0.29) is 6.03 Å². The number of morpholine rings is 1. The Bertz CT molecular complexity index is 419. The molecular formula is C16H25N3O2. The van der Waals surface area contributed by atoms with E-state index in [0.717, 1.165) is 51.4 Å². The number of hydrogen-bond acceptors (Lipinski definition) is 3. The Hall–Kier alpha value is -1.59. The molecule has 2 rings (SSSR count). The number of carbonyl (C=O) groups excluding carboxylic acids is 1. The Morgan fingerprint density at radius 2 is 2.00 bits per heavy atom. The van der Waals surface area contributed by atoms with E-state index in [2.05, 4.69) is 10.2 Å². The normalized spacial score (nSPS) is 15.7. The summed E-state index contributed by atoms with van der Waals surface area (Å²) in [5, 5.41) is 2.94. The highest BCUT2D eigenvalue weighted by Gasteiger charge is 2.11. The second-order valence-electron chi connectivity index (χ2n) is 5.37. The lowest BCUT2D eigenvalue weighted by atomic mass is 10.2. The van der Waals surface area contributed by atoms with Gasteiger partial charge in [-0.1, -0.05) is 30.3 Å². The van der Waals surface area contributed by atoms with Crippen LogP contribution in [-0.2, 0) is 11.3 Å². The standard InChI is InChI=1S/C16H25N3O2/c1-18(8-5-9-19-10-12-21-13-11-19)16(20)17-14-15-6-3-2-4-7-15/h2-4,6-7H,5,8-14H2,1H3,(H,17,20). The van der Waals surface area contributed by atoms with E-state index in [1.807, 2.05) is 37.4 Å². The fourth-order valence-electron chi connectivity index (χ4n) is 2.37. The van der Waals surface area contributed by atoms with Crippen molar-refractivity contribution in [2.75, 3.05) is 46.4 Å². The summed E-state index contributed by atoms with van der Waals surface area (Å²) in [6.07, 6.45) is 0.995. The van der Waals surface area contributed by atoms with E-state index in [9.17, 15) is 4.79 Å². The molecule has 1 aromatic rings. The zero-order chi connectivity index (χ0) is 14.9. The maximum absolute atomic E-state index is 12.0. The minimum absolute atomic E-state index is 0.0131. The van der Waals surface area contributed by atoms with Crippen molar-refractivity contribution in [1.29, 1.82) is 0 Å². The lowest BCUT2D eigenvalue weighted by molar-refractivity contribution is 0.0367. The van der Waals surface area contributed by atoms with E-state index in [0.29, 0.717) is 6.54 Å². The molecule has 0 bridgehead atoms. The van der Waals surface area contributed by atoms with Gasteiger partial charge in [-0.05, 0) is 12.0 Å². The predicted molar refractivity (Wildman–Crippen MR) is 83.2 cm³/mol. The first kappa shape index (κ1) is 15.8. The number of nitrogens with zero attached hydrogens (tertiary/aromatic N) is 2. The third kappa shape index (κ3) is 5.73. The van der Waals surface area contributed by atoms with Crippen LogP contribution >= 0.6 is 0 Å². The topological polar surface area (TPSA) is 44.8 Å². The van der Waals surface area contributed by atoms with Crippen molar-refractivity contribution in [2.24, 2.45) is 0 Å². The lowest BCUT2D eigenvalue weighted by Gasteiger charge is -2.27. The van der Waals surface area contributed by atoms with E-state index in [1.165, 1.54) is 0 Å². The first-order chi connectivity index (χ1) is 10.3. The van der Waals surface area contributed by atoms with Crippen LogP contribution in [0, 0.1) is 0 Å². The van der Waals surface area contributed by atoms with Crippen molar-refractivity contribution in [3.63, 3.8) is 0 Å². The van der Waals surface area contributed by atoms with Crippen LogP contribution in [0.1, 0.15) is 12.0 Å². The maximum Gasteiger partial charge on any atom is 0.317 e. The quantitative estimate of drug-likeness (QED) is 0.865. The molecule has 0 unspecified atom stereocenters. The van der Waals surface area contributed by atoms with Crippen molar-refractivity contribution in [1.82, 2.24) is 15.1 Å². The number of hydrogen-bond donors (Lipinski definition) is 1. The fourth-order valence-corrected chi connectivity index (χ4v) is 2.37. The zero-order valence-corrected chi connectivity index (χ0v) is 12.8. The van der Waals surface area contributed by atoms with Crippen LogP contribution in [0.15, 0.2) is 30.3 Å². The van der Waals surface area contributed by atoms with Crippen molar-refractivity contribution < 1.29 is 9.53 Å². The summed E-state index contributed by atoms with van der Waals surface area (Å²) < 4.78 is 5.32. The summed E-state index contributed by atoms with van der Waals surface area (Å²) in [4.78, 5) is 16.1. The SMILES string of the molecule is CN(CCCN1CCOCC1)C(=O)NCc1ccccc1. The highest BCUT2D eigenvalue weighted by molar-refractivity contribution is 5.73. The first-order valence-corrected chi connectivity index (χ1v) is 7.58. The minimum atomic E-state index is -0.0131. The summed E-state index contributed by atoms with van der Waals surface area (Å²) >= 11 is 0. The van der Waals surface area contributed by atoms with E-state index < -0.39 is 0 Å². The van der Waals surface area contributed by atoms with Crippen LogP contribution < -0.4 is 5.32 Å². The van der Waals surface area contributed by atoms with Gasteiger partial charge < -0.3 is 15.0 Å². The summed E-state index contributed by atoms with van der Waals surface area (Å²) in [5.41, 5.74) is 1.12. The number of urea groups is 1. The average molecular weight is 291 g/mol. The van der Waals surface area contributed by atoms with Gasteiger partial charge in [-0.2, -0.15) is 0 Å². The lowest BCUT2D eigenvalue weighted by Crippen LogP contribution is -2.40. The van der Waals surface area contributed by atoms with Crippen LogP contribution in [0.3, 0.4) is 0 Å². The van der Waals surface area contributed by atoms with Gasteiger partial charge in [-0.3, -0.25) is 4.90 Å². The van der Waals surface area contributed by atoms with Gasteiger partial charge in [0.05, 0.1) is 13.2 Å². The van der Waals surface area contributed by atoms with Gasteiger partial charge in [0.25, 0.3) is 0 Å². The monoisotopic (exact) mass is 291 g/mol. The molecule has 1 fully saturated rings. The van der Waals surface area contributed by atoms with Gasteiger partial charge >= 0.3 is 6.03 Å². The Balaban J connectivity index is 1.60. The van der Waals surface area contributed by atoms with Gasteiger partial charge in [-0.15, -0.1) is 0 Å². The second kappa shape index (κ2) is 8.64. The van der Waals surface area contributed by atoms with Crippen LogP contribution in [0.4, 0.5) is 4.79 Å². The van der Waals surface area contributed by atoms with Crippen molar-refractivity contribution in [3.8, 4) is 0 Å². The van der Waals surface area contributed by atoms with Crippen LogP contribution in [0.25, 0.3) is 0 Å². The number of benzene rings is 1. The Morgan fingerprint density at radius 1 is 1.29 bits per heavy atom. The van der Waals surface area contributed by atoms with Crippen LogP contribution in [0.5, 0.6) is 0 Å². The minimum Gasteiger partial charge on any atom is -0.379 e. The fraction of sp³-hybridized carbons (Fsp3) is 0.562. The molecule has 0 saturated carbocycles. The number of nitrogens with one attached hydrogen (secondary N) is 1. The Morgan fingerprint density at radius 3 is 2.71 bits per heavy atom. The number of carbonyl (C=O) groups is 1. The largest absolute Gasteiger partial charge is 0.379 e. The number of ether oxygens (including phenoxy) is 1. The summed E-state index contributed by atoms with van der Waals surface area (Å²) in [7, 11) is 1.85. The molecule has 21 heavy (non-hydrogen) atoms. The molecule has 1 aliphatic heterocycles. The molecule has 1 N–H and O–H groups in total. The predicted octanol–water partition coefficient (Wildman–Crippen LogP) is 1.55. The maximum atomic E-state index is 12.0. The van der Waals surface area contributed by atoms with E-state index in [4.69, 9.17) is 4.74 Å². The summed E-state index contributed by atoms with van der Waals surface area (Å²) in [6, 6.07) is 9.95. The first-order valence-electron chi connectivity index (χ1n) is 7.58. The third-order valence-electron chi connectivity index (χ3n) is 3.70. The molecule has 2 amide bonds. The van der Waals surface area contributed by atoms with Crippen LogP contribution in [0.2, 0.25) is 0 Å². The molecule has 1 saturated heterocycles. The molecule has 116 valence electrons. The highest BCUT2D eigenvalue weighted by atomic mass is 16.5. The molecule has 1 aromatic carbocycles. The summed E-state index contributed by atoms with van der Waals surface area (Å²) in [6.45, 7) is 6.04. The van der Waals surface area contributed by atoms with E-state index >= 15 is 0 Å². The Labute approximate surface area is 126 Å². The Kier molecular flexibility index (Phi) is 6.50. The molecular weight excluding hydrogens is 266 g/mol. The molecule has 0 radical (unpaired) electrons. The molecule has 0 aliphatic carbocycles. The van der Waals surface area contributed by atoms with Crippen molar-refractivity contribution in [2.45, 2.75) is 13.0 Å². The number of amides is 2. The molecule has 1 aliphatic rings. The van der Waals surface area contributed by atoms with Crippen molar-refractivity contribution in [3.05, 3.63) is 35.9 Å².